The molecule has 10 nitrogen and oxygen atoms in total. The first-order valence-electron chi connectivity index (χ1n) is 16.0. The monoisotopic (exact) mass is 650 g/mol. The van der Waals surface area contributed by atoms with E-state index in [1.807, 2.05) is 58.0 Å². The highest BCUT2D eigenvalue weighted by Crippen LogP contribution is 2.61. The van der Waals surface area contributed by atoms with Crippen LogP contribution in [0.1, 0.15) is 80.2 Å². The summed E-state index contributed by atoms with van der Waals surface area (Å²) in [5.41, 5.74) is 0.796. The fourth-order valence-corrected chi connectivity index (χ4v) is 8.16. The highest BCUT2D eigenvalue weighted by Gasteiger charge is 2.64. The van der Waals surface area contributed by atoms with Gasteiger partial charge in [0.2, 0.25) is 0 Å². The fourth-order valence-electron chi connectivity index (χ4n) is 8.16. The minimum absolute atomic E-state index is 0.272. The van der Waals surface area contributed by atoms with Gasteiger partial charge in [0.15, 0.2) is 6.10 Å². The number of ether oxygens (including phenoxy) is 5. The molecule has 2 bridgehead atoms. The number of esters is 5. The molecule has 0 heterocycles. The number of carbonyl (C=O) groups excluding carboxylic acids is 5. The molecule has 1 aromatic carbocycles. The minimum Gasteiger partial charge on any atom is -0.462 e. The van der Waals surface area contributed by atoms with E-state index in [-0.39, 0.29) is 6.42 Å². The third-order valence-electron chi connectivity index (χ3n) is 10.1. The van der Waals surface area contributed by atoms with Crippen LogP contribution in [-0.4, -0.2) is 60.4 Å². The van der Waals surface area contributed by atoms with Crippen molar-refractivity contribution in [3.05, 3.63) is 65.3 Å². The van der Waals surface area contributed by atoms with Gasteiger partial charge < -0.3 is 23.7 Å². The van der Waals surface area contributed by atoms with Gasteiger partial charge in [-0.2, -0.15) is 0 Å². The summed E-state index contributed by atoms with van der Waals surface area (Å²) in [5.74, 6) is -3.99. The van der Waals surface area contributed by atoms with E-state index < -0.39 is 83.0 Å². The number of rotatable bonds is 7. The molecule has 0 amide bonds. The van der Waals surface area contributed by atoms with Crippen LogP contribution in [0.4, 0.5) is 0 Å². The van der Waals surface area contributed by atoms with E-state index in [4.69, 9.17) is 23.7 Å². The molecule has 0 saturated heterocycles. The van der Waals surface area contributed by atoms with E-state index in [1.54, 1.807) is 6.08 Å². The Kier molecular flexibility index (Phi) is 10.5. The summed E-state index contributed by atoms with van der Waals surface area (Å²) in [7, 11) is 0. The summed E-state index contributed by atoms with van der Waals surface area (Å²) < 4.78 is 30.2. The zero-order valence-electron chi connectivity index (χ0n) is 28.5. The maximum atomic E-state index is 13.2. The summed E-state index contributed by atoms with van der Waals surface area (Å²) in [6.45, 7) is 17.2. The Labute approximate surface area is 276 Å². The van der Waals surface area contributed by atoms with Crippen molar-refractivity contribution in [2.24, 2.45) is 22.7 Å². The molecule has 254 valence electrons. The molecule has 4 rings (SSSR count). The Morgan fingerprint density at radius 2 is 1.40 bits per heavy atom. The lowest BCUT2D eigenvalue weighted by molar-refractivity contribution is -0.205. The van der Waals surface area contributed by atoms with Crippen molar-refractivity contribution < 1.29 is 47.7 Å². The zero-order chi connectivity index (χ0) is 34.8. The van der Waals surface area contributed by atoms with Crippen LogP contribution in [-0.2, 0) is 47.7 Å². The Morgan fingerprint density at radius 1 is 0.809 bits per heavy atom. The summed E-state index contributed by atoms with van der Waals surface area (Å²) in [4.78, 5) is 63.8. The van der Waals surface area contributed by atoms with Gasteiger partial charge in [0.25, 0.3) is 0 Å². The maximum absolute atomic E-state index is 13.2. The molecule has 8 atom stereocenters. The van der Waals surface area contributed by atoms with Gasteiger partial charge >= 0.3 is 29.8 Å². The fraction of sp³-hybridized carbons (Fsp3) is 0.541. The van der Waals surface area contributed by atoms with Gasteiger partial charge in [0.05, 0.1) is 0 Å². The molecule has 2 saturated carbocycles. The molecule has 0 spiro atoms. The van der Waals surface area contributed by atoms with Crippen LogP contribution < -0.4 is 0 Å². The third-order valence-corrected chi connectivity index (χ3v) is 10.1. The van der Waals surface area contributed by atoms with Crippen molar-refractivity contribution in [1.29, 1.82) is 0 Å². The number of hydrogen-bond donors (Lipinski definition) is 0. The SMILES string of the molecule is C=C1[C@@H](OC(C)=O)CC[C@@]2(C)[C@@H](OC(C)=O)[C@H](OC(C)=O)C3=C(C)[C@@H](OC(=O)/C=C\c4ccccc4)C[C@@H]([C@@H](OC(C)=O)[C@H]12)C3(C)C. The summed E-state index contributed by atoms with van der Waals surface area (Å²) in [6.07, 6.45) is -0.466. The van der Waals surface area contributed by atoms with E-state index in [1.165, 1.54) is 33.8 Å². The third kappa shape index (κ3) is 7.36. The Hall–Kier alpha value is -4.21. The molecule has 1 aromatic rings. The highest BCUT2D eigenvalue weighted by atomic mass is 16.6. The molecule has 2 fully saturated rings. The molecule has 47 heavy (non-hydrogen) atoms. The smallest absolute Gasteiger partial charge is 0.331 e. The van der Waals surface area contributed by atoms with Crippen molar-refractivity contribution in [3.8, 4) is 0 Å². The van der Waals surface area contributed by atoms with Gasteiger partial charge in [-0.3, -0.25) is 19.2 Å². The Bertz CT molecular complexity index is 1490. The second-order valence-electron chi connectivity index (χ2n) is 13.7. The first-order chi connectivity index (χ1) is 22.0. The van der Waals surface area contributed by atoms with E-state index >= 15 is 0 Å². The molecular weight excluding hydrogens is 604 g/mol. The molecule has 3 aliphatic rings. The lowest BCUT2D eigenvalue weighted by atomic mass is 9.49. The van der Waals surface area contributed by atoms with E-state index in [0.29, 0.717) is 29.6 Å². The lowest BCUT2D eigenvalue weighted by Crippen LogP contribution is -2.64. The Morgan fingerprint density at radius 3 is 1.98 bits per heavy atom. The van der Waals surface area contributed by atoms with Gasteiger partial charge in [-0.25, -0.2) is 4.79 Å². The molecule has 0 aliphatic heterocycles. The topological polar surface area (TPSA) is 132 Å². The zero-order valence-corrected chi connectivity index (χ0v) is 28.5. The van der Waals surface area contributed by atoms with Crippen molar-refractivity contribution >= 4 is 35.9 Å². The summed E-state index contributed by atoms with van der Waals surface area (Å²) in [6, 6.07) is 9.32. The molecule has 10 heteroatoms. The summed E-state index contributed by atoms with van der Waals surface area (Å²) >= 11 is 0. The van der Waals surface area contributed by atoms with E-state index in [0.717, 1.165) is 5.56 Å². The van der Waals surface area contributed by atoms with Gasteiger partial charge in [-0.05, 0) is 60.0 Å². The predicted octanol–water partition coefficient (Wildman–Crippen LogP) is 5.69. The van der Waals surface area contributed by atoms with Crippen LogP contribution in [0.2, 0.25) is 0 Å². The normalized spacial score (nSPS) is 31.5. The second kappa shape index (κ2) is 13.9. The molecular formula is C37H46O10. The van der Waals surface area contributed by atoms with Crippen molar-refractivity contribution in [1.82, 2.24) is 0 Å². The molecule has 0 unspecified atom stereocenters. The van der Waals surface area contributed by atoms with Crippen LogP contribution in [0.15, 0.2) is 59.7 Å². The first kappa shape index (κ1) is 35.6. The van der Waals surface area contributed by atoms with Gasteiger partial charge in [-0.1, -0.05) is 57.7 Å². The largest absolute Gasteiger partial charge is 0.462 e. The van der Waals surface area contributed by atoms with E-state index in [9.17, 15) is 24.0 Å². The number of carbonyl (C=O) groups is 5. The van der Waals surface area contributed by atoms with Crippen molar-refractivity contribution in [2.75, 3.05) is 0 Å². The van der Waals surface area contributed by atoms with E-state index in [2.05, 4.69) is 6.58 Å². The first-order valence-corrected chi connectivity index (χ1v) is 16.0. The number of benzene rings is 1. The summed E-state index contributed by atoms with van der Waals surface area (Å²) in [5, 5.41) is 0. The van der Waals surface area contributed by atoms with Gasteiger partial charge in [0.1, 0.15) is 24.4 Å². The minimum atomic E-state index is -1.07. The maximum Gasteiger partial charge on any atom is 0.331 e. The quantitative estimate of drug-likeness (QED) is 0.157. The molecule has 0 radical (unpaired) electrons. The molecule has 0 aromatic heterocycles. The van der Waals surface area contributed by atoms with Crippen molar-refractivity contribution in [3.63, 3.8) is 0 Å². The van der Waals surface area contributed by atoms with Crippen LogP contribution in [0.25, 0.3) is 6.08 Å². The highest BCUT2D eigenvalue weighted by molar-refractivity contribution is 5.87. The predicted molar refractivity (Wildman–Crippen MR) is 172 cm³/mol. The molecule has 3 aliphatic carbocycles. The Balaban J connectivity index is 1.95. The second-order valence-corrected chi connectivity index (χ2v) is 13.7. The molecule has 0 N–H and O–H groups in total. The van der Waals surface area contributed by atoms with Crippen LogP contribution in [0, 0.1) is 22.7 Å². The van der Waals surface area contributed by atoms with Crippen molar-refractivity contribution in [2.45, 2.75) is 105 Å². The average Bonchev–Trinajstić information content (AvgIpc) is 2.96. The van der Waals surface area contributed by atoms with Gasteiger partial charge in [0, 0.05) is 51.0 Å². The number of fused-ring (bicyclic) bond motifs is 3. The van der Waals surface area contributed by atoms with Crippen LogP contribution in [0.3, 0.4) is 0 Å². The van der Waals surface area contributed by atoms with Gasteiger partial charge in [-0.15, -0.1) is 0 Å². The standard InChI is InChI=1S/C37H46O10/c1-20-28(43-22(3)38)17-18-37(9)32(20)33(44-23(4)39)27-19-29(47-30(42)16-15-26-13-11-10-12-14-26)21(2)31(36(27,7)8)34(45-24(5)40)35(37)46-25(6)41/h10-16,27-29,32-35H,1,17-19H2,2-9H3/b16-15-/t27-,28-,29-,32-,33+,34+,35-,37+/m0/s1. The number of hydrogen-bond acceptors (Lipinski definition) is 10. The average molecular weight is 651 g/mol. The van der Waals surface area contributed by atoms with Crippen LogP contribution in [0.5, 0.6) is 0 Å². The van der Waals surface area contributed by atoms with Crippen LogP contribution >= 0.6 is 0 Å². The lowest BCUT2D eigenvalue weighted by Gasteiger charge is -2.60.